The first-order valence-electron chi connectivity index (χ1n) is 5.85. The van der Waals surface area contributed by atoms with Crippen LogP contribution in [0, 0.1) is 11.8 Å². The Hall–Kier alpha value is -0.610. The van der Waals surface area contributed by atoms with Crippen molar-refractivity contribution in [3.63, 3.8) is 0 Å². The second kappa shape index (κ2) is 4.94. The molecule has 1 atom stereocenters. The maximum Gasteiger partial charge on any atom is 0.246 e. The van der Waals surface area contributed by atoms with Gasteiger partial charge in [-0.15, -0.1) is 0 Å². The van der Waals surface area contributed by atoms with Gasteiger partial charge in [0.1, 0.15) is 6.61 Å². The van der Waals surface area contributed by atoms with Gasteiger partial charge in [-0.2, -0.15) is 0 Å². The average molecular weight is 212 g/mol. The van der Waals surface area contributed by atoms with E-state index in [-0.39, 0.29) is 18.6 Å². The molecule has 0 saturated heterocycles. The predicted octanol–water partition coefficient (Wildman–Crippen LogP) is 0.266. The predicted molar refractivity (Wildman–Crippen MR) is 57.3 cm³/mol. The molecule has 2 saturated carbocycles. The van der Waals surface area contributed by atoms with Gasteiger partial charge in [-0.3, -0.25) is 4.79 Å². The summed E-state index contributed by atoms with van der Waals surface area (Å²) in [5, 5.41) is 2.81. The van der Waals surface area contributed by atoms with Crippen molar-refractivity contribution >= 4 is 5.91 Å². The second-order valence-corrected chi connectivity index (χ2v) is 4.76. The van der Waals surface area contributed by atoms with Crippen LogP contribution in [0.25, 0.3) is 0 Å². The van der Waals surface area contributed by atoms with Crippen LogP contribution in [0.1, 0.15) is 25.7 Å². The minimum absolute atomic E-state index is 0.0354. The second-order valence-electron chi connectivity index (χ2n) is 4.76. The molecule has 86 valence electrons. The average Bonchev–Trinajstić information content (AvgIpc) is 3.02. The number of hydrogen-bond donors (Lipinski definition) is 2. The third kappa shape index (κ3) is 4.18. The Labute approximate surface area is 90.5 Å². The summed E-state index contributed by atoms with van der Waals surface area (Å²) in [4.78, 5) is 11.3. The molecule has 4 nitrogen and oxygen atoms in total. The zero-order chi connectivity index (χ0) is 10.7. The van der Waals surface area contributed by atoms with E-state index < -0.39 is 0 Å². The number of amides is 1. The Morgan fingerprint density at radius 3 is 2.73 bits per heavy atom. The summed E-state index contributed by atoms with van der Waals surface area (Å²) in [5.41, 5.74) is 5.86. The molecule has 2 aliphatic carbocycles. The van der Waals surface area contributed by atoms with Crippen molar-refractivity contribution in [2.75, 3.05) is 19.8 Å². The van der Waals surface area contributed by atoms with Gasteiger partial charge in [-0.1, -0.05) is 0 Å². The summed E-state index contributed by atoms with van der Waals surface area (Å²) in [6.07, 6.45) is 4.95. The number of rotatable bonds is 7. The first kappa shape index (κ1) is 10.9. The van der Waals surface area contributed by atoms with Crippen LogP contribution < -0.4 is 11.1 Å². The molecule has 0 radical (unpaired) electrons. The lowest BCUT2D eigenvalue weighted by molar-refractivity contribution is -0.125. The van der Waals surface area contributed by atoms with E-state index in [0.717, 1.165) is 6.61 Å². The number of nitrogens with two attached hydrogens (primary N) is 1. The van der Waals surface area contributed by atoms with Gasteiger partial charge in [0, 0.05) is 12.6 Å². The molecule has 15 heavy (non-hydrogen) atoms. The normalized spacial score (nSPS) is 22.5. The molecule has 2 rings (SSSR count). The fourth-order valence-electron chi connectivity index (χ4n) is 1.58. The monoisotopic (exact) mass is 212 g/mol. The Kier molecular flexibility index (Phi) is 3.59. The number of nitrogens with one attached hydrogen (secondary N) is 1. The van der Waals surface area contributed by atoms with Crippen molar-refractivity contribution < 1.29 is 9.53 Å². The topological polar surface area (TPSA) is 64.3 Å². The standard InChI is InChI=1S/C11H20N2O2/c12-10(9-3-4-9)5-13-11(14)7-15-6-8-1-2-8/h8-10H,1-7,12H2,(H,13,14). The van der Waals surface area contributed by atoms with Crippen molar-refractivity contribution in [2.24, 2.45) is 17.6 Å². The van der Waals surface area contributed by atoms with Crippen LogP contribution in [0.3, 0.4) is 0 Å². The highest BCUT2D eigenvalue weighted by molar-refractivity contribution is 5.77. The molecule has 0 aromatic heterocycles. The fourth-order valence-corrected chi connectivity index (χ4v) is 1.58. The van der Waals surface area contributed by atoms with E-state index in [4.69, 9.17) is 10.5 Å². The van der Waals surface area contributed by atoms with Gasteiger partial charge < -0.3 is 15.8 Å². The SMILES string of the molecule is NC(CNC(=O)COCC1CC1)C1CC1. The number of ether oxygens (including phenoxy) is 1. The summed E-state index contributed by atoms with van der Waals surface area (Å²) >= 11 is 0. The lowest BCUT2D eigenvalue weighted by Crippen LogP contribution is -2.40. The number of carbonyl (C=O) groups excluding carboxylic acids is 1. The molecule has 1 amide bonds. The van der Waals surface area contributed by atoms with Gasteiger partial charge in [-0.05, 0) is 37.5 Å². The number of hydrogen-bond acceptors (Lipinski definition) is 3. The zero-order valence-electron chi connectivity index (χ0n) is 9.08. The third-order valence-electron chi connectivity index (χ3n) is 3.05. The van der Waals surface area contributed by atoms with Crippen LogP contribution in [0.4, 0.5) is 0 Å². The largest absolute Gasteiger partial charge is 0.371 e. The zero-order valence-corrected chi connectivity index (χ0v) is 9.08. The molecule has 4 heteroatoms. The highest BCUT2D eigenvalue weighted by Crippen LogP contribution is 2.31. The molecule has 0 heterocycles. The first-order chi connectivity index (χ1) is 7.25. The summed E-state index contributed by atoms with van der Waals surface area (Å²) in [6, 6.07) is 0.136. The Morgan fingerprint density at radius 1 is 1.40 bits per heavy atom. The Morgan fingerprint density at radius 2 is 2.13 bits per heavy atom. The van der Waals surface area contributed by atoms with E-state index >= 15 is 0 Å². The molecule has 3 N–H and O–H groups in total. The van der Waals surface area contributed by atoms with Gasteiger partial charge in [-0.25, -0.2) is 0 Å². The molecule has 2 aliphatic rings. The van der Waals surface area contributed by atoms with Crippen molar-refractivity contribution in [1.29, 1.82) is 0 Å². The van der Waals surface area contributed by atoms with Crippen LogP contribution in [0.5, 0.6) is 0 Å². The van der Waals surface area contributed by atoms with E-state index in [0.29, 0.717) is 18.4 Å². The Bertz CT molecular complexity index is 225. The summed E-state index contributed by atoms with van der Waals surface area (Å²) < 4.78 is 5.27. The quantitative estimate of drug-likeness (QED) is 0.636. The maximum absolute atomic E-state index is 11.3. The molecule has 0 bridgehead atoms. The highest BCUT2D eigenvalue weighted by Gasteiger charge is 2.28. The van der Waals surface area contributed by atoms with Gasteiger partial charge in [0.05, 0.1) is 6.61 Å². The van der Waals surface area contributed by atoms with E-state index in [1.165, 1.54) is 25.7 Å². The molecule has 0 aromatic rings. The highest BCUT2D eigenvalue weighted by atomic mass is 16.5. The van der Waals surface area contributed by atoms with Crippen molar-refractivity contribution in [3.05, 3.63) is 0 Å². The van der Waals surface area contributed by atoms with Gasteiger partial charge in [0.15, 0.2) is 0 Å². The summed E-state index contributed by atoms with van der Waals surface area (Å²) in [6.45, 7) is 1.52. The van der Waals surface area contributed by atoms with E-state index in [2.05, 4.69) is 5.32 Å². The summed E-state index contributed by atoms with van der Waals surface area (Å²) in [5.74, 6) is 1.32. The lowest BCUT2D eigenvalue weighted by atomic mass is 10.2. The van der Waals surface area contributed by atoms with Crippen LogP contribution in [-0.4, -0.2) is 31.7 Å². The molecule has 2 fully saturated rings. The van der Waals surface area contributed by atoms with Crippen LogP contribution >= 0.6 is 0 Å². The smallest absolute Gasteiger partial charge is 0.246 e. The van der Waals surface area contributed by atoms with Crippen molar-refractivity contribution in [2.45, 2.75) is 31.7 Å². The molecule has 0 spiro atoms. The molecule has 0 aromatic carbocycles. The van der Waals surface area contributed by atoms with Crippen molar-refractivity contribution in [3.8, 4) is 0 Å². The van der Waals surface area contributed by atoms with Crippen LogP contribution in [0.15, 0.2) is 0 Å². The molecule has 1 unspecified atom stereocenters. The molecule has 0 aliphatic heterocycles. The minimum Gasteiger partial charge on any atom is -0.371 e. The van der Waals surface area contributed by atoms with E-state index in [9.17, 15) is 4.79 Å². The van der Waals surface area contributed by atoms with Crippen LogP contribution in [-0.2, 0) is 9.53 Å². The van der Waals surface area contributed by atoms with Crippen LogP contribution in [0.2, 0.25) is 0 Å². The molecular weight excluding hydrogens is 192 g/mol. The lowest BCUT2D eigenvalue weighted by Gasteiger charge is -2.11. The van der Waals surface area contributed by atoms with Gasteiger partial charge in [0.25, 0.3) is 0 Å². The van der Waals surface area contributed by atoms with Gasteiger partial charge in [0.2, 0.25) is 5.91 Å². The maximum atomic E-state index is 11.3. The van der Waals surface area contributed by atoms with Crippen molar-refractivity contribution in [1.82, 2.24) is 5.32 Å². The van der Waals surface area contributed by atoms with E-state index in [1.807, 2.05) is 0 Å². The third-order valence-corrected chi connectivity index (χ3v) is 3.05. The van der Waals surface area contributed by atoms with E-state index in [1.54, 1.807) is 0 Å². The minimum atomic E-state index is -0.0354. The fraction of sp³-hybridized carbons (Fsp3) is 0.909. The Balaban J connectivity index is 1.47. The molecular formula is C11H20N2O2. The van der Waals surface area contributed by atoms with Gasteiger partial charge >= 0.3 is 0 Å². The first-order valence-corrected chi connectivity index (χ1v) is 5.85. The summed E-state index contributed by atoms with van der Waals surface area (Å²) in [7, 11) is 0. The number of carbonyl (C=O) groups is 1.